The Bertz CT molecular complexity index is 1540. The van der Waals surface area contributed by atoms with Crippen LogP contribution >= 0.6 is 11.3 Å². The highest BCUT2D eigenvalue weighted by Crippen LogP contribution is 2.38. The van der Waals surface area contributed by atoms with E-state index in [-0.39, 0.29) is 17.2 Å². The number of carbonyl (C=O) groups excluding carboxylic acids is 3. The van der Waals surface area contributed by atoms with Gasteiger partial charge >= 0.3 is 6.03 Å². The number of carbonyl (C=O) groups is 3. The molecule has 5 rings (SSSR count). The molecule has 3 aromatic rings. The summed E-state index contributed by atoms with van der Waals surface area (Å²) in [5, 5.41) is 9.13. The molecule has 234 valence electrons. The molecule has 2 aromatic heterocycles. The molecule has 2 aliphatic rings. The number of amides is 4. The Morgan fingerprint density at radius 2 is 1.82 bits per heavy atom. The molecule has 3 N–H and O–H groups in total. The highest BCUT2D eigenvalue weighted by molar-refractivity contribution is 7.16. The second-order valence-corrected chi connectivity index (χ2v) is 14.0. The maximum Gasteiger partial charge on any atom is 0.324 e. The van der Waals surface area contributed by atoms with Crippen molar-refractivity contribution in [1.29, 1.82) is 0 Å². The number of urea groups is 1. The highest BCUT2D eigenvalue weighted by Gasteiger charge is 2.42. The number of thiophene rings is 1. The summed E-state index contributed by atoms with van der Waals surface area (Å²) < 4.78 is 5.44. The van der Waals surface area contributed by atoms with E-state index < -0.39 is 11.6 Å². The topological polar surface area (TPSA) is 116 Å². The fourth-order valence-electron chi connectivity index (χ4n) is 5.35. The molecule has 11 heteroatoms. The number of hydrogen-bond acceptors (Lipinski definition) is 7. The smallest absolute Gasteiger partial charge is 0.324 e. The van der Waals surface area contributed by atoms with Gasteiger partial charge in [-0.15, -0.1) is 11.3 Å². The summed E-state index contributed by atoms with van der Waals surface area (Å²) in [6.07, 6.45) is 1.91. The van der Waals surface area contributed by atoms with E-state index in [1.54, 1.807) is 18.7 Å². The average Bonchev–Trinajstić information content (AvgIpc) is 3.40. The van der Waals surface area contributed by atoms with Gasteiger partial charge in [0, 0.05) is 55.0 Å². The summed E-state index contributed by atoms with van der Waals surface area (Å²) in [6.45, 7) is 16.6. The molecule has 4 heterocycles. The number of hydrogen-bond donors (Lipinski definition) is 3. The van der Waals surface area contributed by atoms with E-state index in [1.165, 1.54) is 11.3 Å². The number of pyridine rings is 1. The molecule has 2 saturated heterocycles. The minimum atomic E-state index is -1.01. The highest BCUT2D eigenvalue weighted by atomic mass is 32.1. The molecule has 2 aliphatic heterocycles. The number of nitrogens with one attached hydrogen (secondary N) is 3. The van der Waals surface area contributed by atoms with E-state index in [0.29, 0.717) is 29.3 Å². The summed E-state index contributed by atoms with van der Waals surface area (Å²) in [4.78, 5) is 49.3. The lowest BCUT2D eigenvalue weighted by atomic mass is 9.93. The van der Waals surface area contributed by atoms with Gasteiger partial charge < -0.3 is 20.3 Å². The number of ether oxygens (including phenoxy) is 1. The minimum absolute atomic E-state index is 0.202. The Morgan fingerprint density at radius 1 is 1.07 bits per heavy atom. The predicted molar refractivity (Wildman–Crippen MR) is 174 cm³/mol. The van der Waals surface area contributed by atoms with Crippen LogP contribution in [0.25, 0.3) is 11.3 Å². The largest absolute Gasteiger partial charge is 0.379 e. The maximum absolute atomic E-state index is 13.8. The first-order valence-corrected chi connectivity index (χ1v) is 15.8. The van der Waals surface area contributed by atoms with E-state index in [1.807, 2.05) is 43.5 Å². The predicted octanol–water partition coefficient (Wildman–Crippen LogP) is 5.24. The average molecular weight is 619 g/mol. The number of piperazine rings is 1. The van der Waals surface area contributed by atoms with Crippen LogP contribution in [0.4, 0.5) is 15.5 Å². The molecule has 0 radical (unpaired) electrons. The van der Waals surface area contributed by atoms with E-state index in [2.05, 4.69) is 47.7 Å². The van der Waals surface area contributed by atoms with Crippen molar-refractivity contribution in [2.45, 2.75) is 59.0 Å². The van der Waals surface area contributed by atoms with Crippen LogP contribution in [0.15, 0.2) is 42.6 Å². The van der Waals surface area contributed by atoms with Crippen LogP contribution < -0.4 is 16.0 Å². The zero-order valence-corrected chi connectivity index (χ0v) is 27.2. The summed E-state index contributed by atoms with van der Waals surface area (Å²) in [5.41, 5.74) is 3.68. The first kappa shape index (κ1) is 31.6. The molecule has 2 fully saturated rings. The van der Waals surface area contributed by atoms with Gasteiger partial charge in [0.05, 0.1) is 24.5 Å². The van der Waals surface area contributed by atoms with Gasteiger partial charge in [-0.1, -0.05) is 32.9 Å². The molecule has 0 atom stereocenters. The van der Waals surface area contributed by atoms with Crippen LogP contribution in [-0.2, 0) is 21.5 Å². The van der Waals surface area contributed by atoms with Gasteiger partial charge in [-0.3, -0.25) is 24.8 Å². The molecular formula is C33H42N6O4S. The molecule has 0 saturated carbocycles. The van der Waals surface area contributed by atoms with E-state index in [0.717, 1.165) is 60.1 Å². The van der Waals surface area contributed by atoms with Crippen molar-refractivity contribution in [3.63, 3.8) is 0 Å². The Labute approximate surface area is 263 Å². The fourth-order valence-corrected chi connectivity index (χ4v) is 6.45. The van der Waals surface area contributed by atoms with Gasteiger partial charge in [-0.25, -0.2) is 4.79 Å². The minimum Gasteiger partial charge on any atom is -0.379 e. The SMILES string of the molecule is Cc1ccc(NC(=O)Nc2sc(C(C)(C)C)cc2C(=O)N2CCNC(=O)C2(C)C)cc1-c1ccc(CN2CCOCC2)cn1. The zero-order valence-electron chi connectivity index (χ0n) is 26.4. The van der Waals surface area contributed by atoms with Crippen LogP contribution in [0.2, 0.25) is 0 Å². The molecule has 0 spiro atoms. The number of aryl methyl sites for hydroxylation is 1. The molecule has 1 aromatic carbocycles. The third-order valence-electron chi connectivity index (χ3n) is 8.13. The number of anilines is 2. The molecular weight excluding hydrogens is 576 g/mol. The Morgan fingerprint density at radius 3 is 2.50 bits per heavy atom. The van der Waals surface area contributed by atoms with Crippen molar-refractivity contribution < 1.29 is 19.1 Å². The van der Waals surface area contributed by atoms with Crippen LogP contribution in [0.5, 0.6) is 0 Å². The Kier molecular flexibility index (Phi) is 9.10. The van der Waals surface area contributed by atoms with Gasteiger partial charge in [-0.05, 0) is 61.6 Å². The van der Waals surface area contributed by atoms with Gasteiger partial charge in [0.1, 0.15) is 10.5 Å². The van der Waals surface area contributed by atoms with Gasteiger partial charge in [0.15, 0.2) is 0 Å². The first-order valence-electron chi connectivity index (χ1n) is 15.0. The maximum atomic E-state index is 13.8. The van der Waals surface area contributed by atoms with Crippen molar-refractivity contribution in [2.75, 3.05) is 50.0 Å². The van der Waals surface area contributed by atoms with Crippen molar-refractivity contribution >= 4 is 39.9 Å². The molecule has 10 nitrogen and oxygen atoms in total. The number of rotatable bonds is 6. The Balaban J connectivity index is 1.33. The quantitative estimate of drug-likeness (QED) is 0.348. The zero-order chi connectivity index (χ0) is 31.6. The molecule has 4 amide bonds. The van der Waals surface area contributed by atoms with Gasteiger partial charge in [0.2, 0.25) is 5.91 Å². The van der Waals surface area contributed by atoms with Gasteiger partial charge in [0.25, 0.3) is 5.91 Å². The van der Waals surface area contributed by atoms with E-state index in [4.69, 9.17) is 9.72 Å². The normalized spacial score (nSPS) is 17.2. The standard InChI is InChI=1S/C33H42N6O4S/c1-21-7-9-23(17-24(21)26-10-8-22(19-35-26)20-38-13-15-43-16-14-38)36-31(42)37-28-25(18-27(44-28)32(2,3)4)29(40)39-12-11-34-30(41)33(39,5)6/h7-10,17-19H,11-16,20H2,1-6H3,(H,34,41)(H2,36,37,42). The van der Waals surface area contributed by atoms with Gasteiger partial charge in [-0.2, -0.15) is 0 Å². The lowest BCUT2D eigenvalue weighted by molar-refractivity contribution is -0.133. The fraction of sp³-hybridized carbons (Fsp3) is 0.455. The third-order valence-corrected chi connectivity index (χ3v) is 9.61. The summed E-state index contributed by atoms with van der Waals surface area (Å²) in [7, 11) is 0. The third kappa shape index (κ3) is 6.95. The van der Waals surface area contributed by atoms with Crippen molar-refractivity contribution in [3.8, 4) is 11.3 Å². The number of morpholine rings is 1. The summed E-state index contributed by atoms with van der Waals surface area (Å²) in [6, 6.07) is 11.2. The molecule has 44 heavy (non-hydrogen) atoms. The van der Waals surface area contributed by atoms with Crippen molar-refractivity contribution in [2.24, 2.45) is 0 Å². The van der Waals surface area contributed by atoms with Crippen molar-refractivity contribution in [3.05, 3.63) is 64.2 Å². The number of nitrogens with zero attached hydrogens (tertiary/aromatic N) is 3. The molecule has 0 bridgehead atoms. The second kappa shape index (κ2) is 12.7. The lowest BCUT2D eigenvalue weighted by Gasteiger charge is -2.41. The number of benzene rings is 1. The molecule has 0 unspecified atom stereocenters. The van der Waals surface area contributed by atoms with Crippen LogP contribution in [0.3, 0.4) is 0 Å². The van der Waals surface area contributed by atoms with Crippen LogP contribution in [-0.4, -0.2) is 77.6 Å². The second-order valence-electron chi connectivity index (χ2n) is 12.9. The summed E-state index contributed by atoms with van der Waals surface area (Å²) in [5.74, 6) is -0.486. The Hall–Kier alpha value is -3.80. The molecule has 0 aliphatic carbocycles. The summed E-state index contributed by atoms with van der Waals surface area (Å²) >= 11 is 1.37. The first-order chi connectivity index (χ1) is 20.8. The van der Waals surface area contributed by atoms with Crippen LogP contribution in [0, 0.1) is 6.92 Å². The van der Waals surface area contributed by atoms with E-state index >= 15 is 0 Å². The van der Waals surface area contributed by atoms with Crippen molar-refractivity contribution in [1.82, 2.24) is 20.1 Å². The van der Waals surface area contributed by atoms with E-state index in [9.17, 15) is 14.4 Å². The van der Waals surface area contributed by atoms with Crippen LogP contribution in [0.1, 0.15) is 61.0 Å². The monoisotopic (exact) mass is 618 g/mol. The lowest BCUT2D eigenvalue weighted by Crippen LogP contribution is -2.63. The number of aromatic nitrogens is 1.